The Morgan fingerprint density at radius 3 is 2.68 bits per heavy atom. The van der Waals surface area contributed by atoms with Crippen molar-refractivity contribution in [2.24, 2.45) is 5.10 Å². The van der Waals surface area contributed by atoms with E-state index >= 15 is 0 Å². The second-order valence-corrected chi connectivity index (χ2v) is 5.34. The van der Waals surface area contributed by atoms with Gasteiger partial charge in [0.15, 0.2) is 0 Å². The molecule has 7 nitrogen and oxygen atoms in total. The van der Waals surface area contributed by atoms with Gasteiger partial charge in [0.05, 0.1) is 11.9 Å². The summed E-state index contributed by atoms with van der Waals surface area (Å²) >= 11 is 0. The molecule has 4 aromatic rings. The molecule has 1 aromatic heterocycles. The first-order valence-corrected chi connectivity index (χ1v) is 7.66. The first-order chi connectivity index (χ1) is 12.3. The topological polar surface area (TPSA) is 88.2 Å². The van der Waals surface area contributed by atoms with E-state index in [-0.39, 0.29) is 5.75 Å². The number of rotatable bonds is 4. The molecular formula is C18H14N6O. The minimum Gasteiger partial charge on any atom is -0.507 e. The summed E-state index contributed by atoms with van der Waals surface area (Å²) in [4.78, 5) is 0. The molecule has 0 atom stereocenters. The Kier molecular flexibility index (Phi) is 3.80. The second kappa shape index (κ2) is 6.40. The molecule has 0 fully saturated rings. The Morgan fingerprint density at radius 2 is 1.76 bits per heavy atom. The van der Waals surface area contributed by atoms with Crippen LogP contribution in [0.1, 0.15) is 5.56 Å². The average Bonchev–Trinajstić information content (AvgIpc) is 3.11. The van der Waals surface area contributed by atoms with Gasteiger partial charge in [-0.2, -0.15) is 9.78 Å². The third-order valence-corrected chi connectivity index (χ3v) is 3.77. The normalized spacial score (nSPS) is 11.2. The largest absolute Gasteiger partial charge is 0.507 e. The van der Waals surface area contributed by atoms with Crippen molar-refractivity contribution in [3.8, 4) is 11.4 Å². The maximum Gasteiger partial charge on any atom is 0.268 e. The molecule has 0 saturated carbocycles. The van der Waals surface area contributed by atoms with Crippen LogP contribution < -0.4 is 5.43 Å². The number of hydrazone groups is 1. The van der Waals surface area contributed by atoms with Crippen molar-refractivity contribution in [2.45, 2.75) is 0 Å². The summed E-state index contributed by atoms with van der Waals surface area (Å²) in [5.41, 5.74) is 4.26. The molecule has 122 valence electrons. The molecule has 0 radical (unpaired) electrons. The maximum atomic E-state index is 9.75. The van der Waals surface area contributed by atoms with E-state index < -0.39 is 0 Å². The Labute approximate surface area is 143 Å². The van der Waals surface area contributed by atoms with Crippen LogP contribution >= 0.6 is 0 Å². The predicted octanol–water partition coefficient (Wildman–Crippen LogP) is 2.97. The van der Waals surface area contributed by atoms with Gasteiger partial charge in [0.1, 0.15) is 5.75 Å². The molecule has 2 N–H and O–H groups in total. The fourth-order valence-electron chi connectivity index (χ4n) is 2.57. The Bertz CT molecular complexity index is 1050. The molecule has 0 amide bonds. The van der Waals surface area contributed by atoms with E-state index in [1.54, 1.807) is 22.9 Å². The number of nitrogens with one attached hydrogen (secondary N) is 1. The van der Waals surface area contributed by atoms with E-state index in [0.29, 0.717) is 11.5 Å². The highest BCUT2D eigenvalue weighted by molar-refractivity contribution is 5.90. The zero-order valence-corrected chi connectivity index (χ0v) is 13.1. The lowest BCUT2D eigenvalue weighted by atomic mass is 10.1. The molecule has 7 heteroatoms. The van der Waals surface area contributed by atoms with Gasteiger partial charge < -0.3 is 5.11 Å². The number of phenols is 1. The standard InChI is InChI=1S/C18H14N6O/c25-17-11-4-2-7-14(17)12-19-20-18-21-22-23-24(18)16-10-5-8-13-6-1-3-9-15(13)16/h1-12,25H,(H,20,21,23)/b19-12-. The van der Waals surface area contributed by atoms with Crippen LogP contribution in [0.25, 0.3) is 16.5 Å². The molecular weight excluding hydrogens is 316 g/mol. The molecule has 3 aromatic carbocycles. The van der Waals surface area contributed by atoms with Crippen LogP contribution in [0.15, 0.2) is 71.8 Å². The molecule has 0 spiro atoms. The number of phenolic OH excluding ortho intramolecular Hbond substituents is 1. The van der Waals surface area contributed by atoms with Crippen LogP contribution in [-0.4, -0.2) is 31.5 Å². The van der Waals surface area contributed by atoms with E-state index in [4.69, 9.17) is 0 Å². The van der Waals surface area contributed by atoms with Crippen molar-refractivity contribution >= 4 is 22.9 Å². The van der Waals surface area contributed by atoms with Crippen molar-refractivity contribution in [2.75, 3.05) is 5.43 Å². The van der Waals surface area contributed by atoms with E-state index in [1.807, 2.05) is 48.5 Å². The number of aromatic hydroxyl groups is 1. The van der Waals surface area contributed by atoms with Gasteiger partial charge in [-0.05, 0) is 34.0 Å². The Morgan fingerprint density at radius 1 is 0.960 bits per heavy atom. The fraction of sp³-hybridized carbons (Fsp3) is 0. The van der Waals surface area contributed by atoms with Crippen LogP contribution in [-0.2, 0) is 0 Å². The molecule has 0 aliphatic carbocycles. The molecule has 0 aliphatic heterocycles. The zero-order valence-electron chi connectivity index (χ0n) is 13.1. The van der Waals surface area contributed by atoms with Gasteiger partial charge in [0, 0.05) is 10.9 Å². The number of benzene rings is 3. The SMILES string of the molecule is Oc1ccccc1/C=N\Nc1nnnn1-c1cccc2ccccc12. The van der Waals surface area contributed by atoms with Gasteiger partial charge in [-0.1, -0.05) is 53.6 Å². The number of anilines is 1. The smallest absolute Gasteiger partial charge is 0.268 e. The monoisotopic (exact) mass is 330 g/mol. The van der Waals surface area contributed by atoms with Gasteiger partial charge in [-0.15, -0.1) is 0 Å². The van der Waals surface area contributed by atoms with Gasteiger partial charge in [-0.25, -0.2) is 5.43 Å². The van der Waals surface area contributed by atoms with E-state index in [0.717, 1.165) is 16.5 Å². The quantitative estimate of drug-likeness (QED) is 0.444. The van der Waals surface area contributed by atoms with Crippen molar-refractivity contribution in [3.63, 3.8) is 0 Å². The van der Waals surface area contributed by atoms with Gasteiger partial charge in [0.25, 0.3) is 5.95 Å². The molecule has 25 heavy (non-hydrogen) atoms. The number of tetrazole rings is 1. The van der Waals surface area contributed by atoms with Crippen LogP contribution in [0, 0.1) is 0 Å². The summed E-state index contributed by atoms with van der Waals surface area (Å²) in [6, 6.07) is 20.9. The van der Waals surface area contributed by atoms with E-state index in [9.17, 15) is 5.11 Å². The molecule has 0 aliphatic rings. The lowest BCUT2D eigenvalue weighted by Crippen LogP contribution is -2.04. The number of fused-ring (bicyclic) bond motifs is 1. The van der Waals surface area contributed by atoms with Crippen LogP contribution in [0.4, 0.5) is 5.95 Å². The van der Waals surface area contributed by atoms with E-state index in [1.165, 1.54) is 6.21 Å². The number of hydrogen-bond acceptors (Lipinski definition) is 6. The van der Waals surface area contributed by atoms with Crippen molar-refractivity contribution in [1.29, 1.82) is 0 Å². The minimum atomic E-state index is 0.154. The average molecular weight is 330 g/mol. The molecule has 0 saturated heterocycles. The summed E-state index contributed by atoms with van der Waals surface area (Å²) in [6.45, 7) is 0. The summed E-state index contributed by atoms with van der Waals surface area (Å²) in [5, 5.41) is 27.7. The highest BCUT2D eigenvalue weighted by Gasteiger charge is 2.10. The van der Waals surface area contributed by atoms with Crippen LogP contribution in [0.3, 0.4) is 0 Å². The number of nitrogens with zero attached hydrogens (tertiary/aromatic N) is 5. The summed E-state index contributed by atoms with van der Waals surface area (Å²) in [5.74, 6) is 0.532. The first kappa shape index (κ1) is 14.8. The molecule has 1 heterocycles. The molecule has 0 bridgehead atoms. The number of hydrogen-bond donors (Lipinski definition) is 2. The van der Waals surface area contributed by atoms with Crippen molar-refractivity contribution < 1.29 is 5.11 Å². The van der Waals surface area contributed by atoms with Gasteiger partial charge in [-0.3, -0.25) is 0 Å². The van der Waals surface area contributed by atoms with Crippen LogP contribution in [0.2, 0.25) is 0 Å². The van der Waals surface area contributed by atoms with Gasteiger partial charge in [0.2, 0.25) is 0 Å². The highest BCUT2D eigenvalue weighted by atomic mass is 16.3. The third-order valence-electron chi connectivity index (χ3n) is 3.77. The zero-order chi connectivity index (χ0) is 17.1. The Balaban J connectivity index is 1.66. The lowest BCUT2D eigenvalue weighted by molar-refractivity contribution is 0.474. The van der Waals surface area contributed by atoms with Gasteiger partial charge >= 0.3 is 0 Å². The fourth-order valence-corrected chi connectivity index (χ4v) is 2.57. The molecule has 0 unspecified atom stereocenters. The maximum absolute atomic E-state index is 9.75. The summed E-state index contributed by atoms with van der Waals surface area (Å²) < 4.78 is 1.59. The number of aromatic nitrogens is 4. The van der Waals surface area contributed by atoms with Crippen LogP contribution in [0.5, 0.6) is 5.75 Å². The lowest BCUT2D eigenvalue weighted by Gasteiger charge is -2.07. The first-order valence-electron chi connectivity index (χ1n) is 7.66. The van der Waals surface area contributed by atoms with E-state index in [2.05, 4.69) is 26.1 Å². The van der Waals surface area contributed by atoms with Crippen molar-refractivity contribution in [3.05, 3.63) is 72.3 Å². The summed E-state index contributed by atoms with van der Waals surface area (Å²) in [7, 11) is 0. The predicted molar refractivity (Wildman–Crippen MR) is 96.0 cm³/mol. The number of para-hydroxylation sites is 1. The summed E-state index contributed by atoms with van der Waals surface area (Å²) in [6.07, 6.45) is 1.51. The molecule has 4 rings (SSSR count). The highest BCUT2D eigenvalue weighted by Crippen LogP contribution is 2.23. The minimum absolute atomic E-state index is 0.154. The Hall–Kier alpha value is -3.74. The third kappa shape index (κ3) is 2.90. The van der Waals surface area contributed by atoms with Crippen molar-refractivity contribution in [1.82, 2.24) is 20.2 Å². The second-order valence-electron chi connectivity index (χ2n) is 5.34.